The Kier molecular flexibility index (Phi) is 6.07. The van der Waals surface area contributed by atoms with Gasteiger partial charge in [-0.05, 0) is 18.4 Å². The molecule has 0 radical (unpaired) electrons. The minimum atomic E-state index is -0.829. The van der Waals surface area contributed by atoms with Crippen molar-refractivity contribution in [2.24, 2.45) is 0 Å². The molecule has 1 atom stereocenters. The molecule has 2 N–H and O–H groups in total. The summed E-state index contributed by atoms with van der Waals surface area (Å²) in [4.78, 5) is 22.9. The summed E-state index contributed by atoms with van der Waals surface area (Å²) in [6.45, 7) is 1.94. The van der Waals surface area contributed by atoms with Gasteiger partial charge in [-0.2, -0.15) is 11.8 Å². The molecule has 6 heteroatoms. The zero-order chi connectivity index (χ0) is 12.7. The molecule has 1 aromatic heterocycles. The molecule has 0 saturated heterocycles. The molecule has 1 amide bonds. The minimum Gasteiger partial charge on any atom is -0.481 e. The average Bonchev–Trinajstić information content (AvgIpc) is 2.77. The summed E-state index contributed by atoms with van der Waals surface area (Å²) in [5.74, 6) is -0.106. The van der Waals surface area contributed by atoms with Crippen LogP contribution in [0.4, 0.5) is 0 Å². The van der Waals surface area contributed by atoms with Gasteiger partial charge in [0.25, 0.3) is 0 Å². The van der Waals surface area contributed by atoms with E-state index in [2.05, 4.69) is 5.32 Å². The molecule has 4 nitrogen and oxygen atoms in total. The van der Waals surface area contributed by atoms with Gasteiger partial charge in [0.2, 0.25) is 5.91 Å². The summed E-state index contributed by atoms with van der Waals surface area (Å²) in [6.07, 6.45) is 0.0957. The lowest BCUT2D eigenvalue weighted by molar-refractivity contribution is -0.136. The topological polar surface area (TPSA) is 66.4 Å². The van der Waals surface area contributed by atoms with Crippen molar-refractivity contribution >= 4 is 35.0 Å². The Hall–Kier alpha value is -1.01. The maximum atomic E-state index is 11.5. The standard InChI is InChI=1S/C11H15NO3S2/c1-8(9-3-2-5-17-9)12-10(13)7-16-6-4-11(14)15/h2-3,5,8H,4,6-7H2,1H3,(H,12,13)(H,14,15). The summed E-state index contributed by atoms with van der Waals surface area (Å²) in [5, 5.41) is 13.3. The van der Waals surface area contributed by atoms with Crippen molar-refractivity contribution in [2.75, 3.05) is 11.5 Å². The van der Waals surface area contributed by atoms with Gasteiger partial charge in [0, 0.05) is 10.6 Å². The molecule has 1 rings (SSSR count). The number of hydrogen-bond acceptors (Lipinski definition) is 4. The number of carbonyl (C=O) groups excluding carboxylic acids is 1. The van der Waals surface area contributed by atoms with Gasteiger partial charge in [-0.15, -0.1) is 11.3 Å². The fraction of sp³-hybridized carbons (Fsp3) is 0.455. The summed E-state index contributed by atoms with van der Waals surface area (Å²) in [6, 6.07) is 3.94. The Morgan fingerprint density at radius 3 is 2.94 bits per heavy atom. The van der Waals surface area contributed by atoms with E-state index in [4.69, 9.17) is 5.11 Å². The molecule has 0 aliphatic heterocycles. The van der Waals surface area contributed by atoms with E-state index in [1.54, 1.807) is 11.3 Å². The number of thiophene rings is 1. The van der Waals surface area contributed by atoms with Gasteiger partial charge in [-0.1, -0.05) is 6.07 Å². The van der Waals surface area contributed by atoms with Gasteiger partial charge in [0.05, 0.1) is 18.2 Å². The van der Waals surface area contributed by atoms with Gasteiger partial charge in [0.1, 0.15) is 0 Å². The Morgan fingerprint density at radius 2 is 2.35 bits per heavy atom. The van der Waals surface area contributed by atoms with Crippen molar-refractivity contribution in [3.8, 4) is 0 Å². The van der Waals surface area contributed by atoms with E-state index < -0.39 is 5.97 Å². The number of rotatable bonds is 7. The van der Waals surface area contributed by atoms with E-state index in [0.29, 0.717) is 11.5 Å². The largest absolute Gasteiger partial charge is 0.481 e. The van der Waals surface area contributed by atoms with E-state index in [0.717, 1.165) is 4.88 Å². The molecule has 0 saturated carbocycles. The van der Waals surface area contributed by atoms with E-state index in [1.165, 1.54) is 11.8 Å². The van der Waals surface area contributed by atoms with Crippen LogP contribution >= 0.6 is 23.1 Å². The monoisotopic (exact) mass is 273 g/mol. The van der Waals surface area contributed by atoms with Crippen LogP contribution in [0.15, 0.2) is 17.5 Å². The van der Waals surface area contributed by atoms with Crippen LogP contribution in [0.1, 0.15) is 24.3 Å². The Bertz CT molecular complexity index is 365. The number of aliphatic carboxylic acids is 1. The first kappa shape index (κ1) is 14.1. The SMILES string of the molecule is CC(NC(=O)CSCCC(=O)O)c1cccs1. The molecule has 1 unspecified atom stereocenters. The van der Waals surface area contributed by atoms with Gasteiger partial charge >= 0.3 is 5.97 Å². The molecular formula is C11H15NO3S2. The quantitative estimate of drug-likeness (QED) is 0.747. The van der Waals surface area contributed by atoms with Crippen molar-refractivity contribution in [3.05, 3.63) is 22.4 Å². The normalized spacial score (nSPS) is 12.1. The summed E-state index contributed by atoms with van der Waals surface area (Å²) >= 11 is 2.95. The first-order valence-electron chi connectivity index (χ1n) is 5.22. The molecule has 0 aromatic carbocycles. The number of nitrogens with one attached hydrogen (secondary N) is 1. The molecule has 0 aliphatic carbocycles. The van der Waals surface area contributed by atoms with Crippen molar-refractivity contribution in [1.29, 1.82) is 0 Å². The average molecular weight is 273 g/mol. The highest BCUT2D eigenvalue weighted by molar-refractivity contribution is 7.99. The Morgan fingerprint density at radius 1 is 1.59 bits per heavy atom. The highest BCUT2D eigenvalue weighted by Gasteiger charge is 2.10. The highest BCUT2D eigenvalue weighted by atomic mass is 32.2. The van der Waals surface area contributed by atoms with Gasteiger partial charge in [-0.3, -0.25) is 9.59 Å². The van der Waals surface area contributed by atoms with Crippen molar-refractivity contribution in [1.82, 2.24) is 5.32 Å². The first-order valence-corrected chi connectivity index (χ1v) is 7.25. The van der Waals surface area contributed by atoms with E-state index in [1.807, 2.05) is 24.4 Å². The lowest BCUT2D eigenvalue weighted by Crippen LogP contribution is -2.27. The zero-order valence-electron chi connectivity index (χ0n) is 9.51. The van der Waals surface area contributed by atoms with Gasteiger partial charge in [-0.25, -0.2) is 0 Å². The molecule has 0 aliphatic rings. The van der Waals surface area contributed by atoms with E-state index in [-0.39, 0.29) is 18.4 Å². The van der Waals surface area contributed by atoms with Crippen LogP contribution in [0, 0.1) is 0 Å². The molecule has 0 fully saturated rings. The van der Waals surface area contributed by atoms with Crippen LogP contribution in [0.5, 0.6) is 0 Å². The van der Waals surface area contributed by atoms with Gasteiger partial charge in [0.15, 0.2) is 0 Å². The lowest BCUT2D eigenvalue weighted by atomic mass is 10.3. The van der Waals surface area contributed by atoms with Crippen LogP contribution < -0.4 is 5.32 Å². The lowest BCUT2D eigenvalue weighted by Gasteiger charge is -2.11. The van der Waals surface area contributed by atoms with Gasteiger partial charge < -0.3 is 10.4 Å². The molecule has 0 spiro atoms. The molecule has 1 heterocycles. The number of carboxylic acid groups (broad SMARTS) is 1. The second kappa shape index (κ2) is 7.34. The second-order valence-corrected chi connectivity index (χ2v) is 5.59. The maximum Gasteiger partial charge on any atom is 0.304 e. The van der Waals surface area contributed by atoms with Crippen molar-refractivity contribution in [2.45, 2.75) is 19.4 Å². The third-order valence-corrected chi connectivity index (χ3v) is 4.06. The fourth-order valence-corrected chi connectivity index (χ4v) is 2.68. The van der Waals surface area contributed by atoms with E-state index >= 15 is 0 Å². The highest BCUT2D eigenvalue weighted by Crippen LogP contribution is 2.18. The number of carboxylic acids is 1. The molecular weight excluding hydrogens is 258 g/mol. The van der Waals surface area contributed by atoms with E-state index in [9.17, 15) is 9.59 Å². The summed E-state index contributed by atoms with van der Waals surface area (Å²) in [5.41, 5.74) is 0. The van der Waals surface area contributed by atoms with Crippen molar-refractivity contribution in [3.63, 3.8) is 0 Å². The van der Waals surface area contributed by atoms with Crippen LogP contribution in [-0.4, -0.2) is 28.5 Å². The molecule has 94 valence electrons. The molecule has 17 heavy (non-hydrogen) atoms. The summed E-state index contributed by atoms with van der Waals surface area (Å²) < 4.78 is 0. The number of hydrogen-bond donors (Lipinski definition) is 2. The summed E-state index contributed by atoms with van der Waals surface area (Å²) in [7, 11) is 0. The molecule has 1 aromatic rings. The second-order valence-electron chi connectivity index (χ2n) is 3.50. The Labute approximate surface area is 108 Å². The number of thioether (sulfide) groups is 1. The number of carbonyl (C=O) groups is 2. The Balaban J connectivity index is 2.19. The van der Waals surface area contributed by atoms with Crippen LogP contribution in [0.2, 0.25) is 0 Å². The first-order chi connectivity index (χ1) is 8.09. The molecule has 0 bridgehead atoms. The predicted molar refractivity (Wildman–Crippen MR) is 70.5 cm³/mol. The smallest absolute Gasteiger partial charge is 0.304 e. The van der Waals surface area contributed by atoms with Crippen LogP contribution in [-0.2, 0) is 9.59 Å². The number of amides is 1. The minimum absolute atomic E-state index is 0.0163. The van der Waals surface area contributed by atoms with Crippen LogP contribution in [0.3, 0.4) is 0 Å². The van der Waals surface area contributed by atoms with Crippen molar-refractivity contribution < 1.29 is 14.7 Å². The third-order valence-electron chi connectivity index (χ3n) is 2.04. The maximum absolute atomic E-state index is 11.5. The fourth-order valence-electron chi connectivity index (χ4n) is 1.22. The predicted octanol–water partition coefficient (Wildman–Crippen LogP) is 2.13. The zero-order valence-corrected chi connectivity index (χ0v) is 11.1. The van der Waals surface area contributed by atoms with Crippen LogP contribution in [0.25, 0.3) is 0 Å². The third kappa shape index (κ3) is 5.74.